The molecular weight excluding hydrogens is 484 g/mol. The zero-order valence-electron chi connectivity index (χ0n) is 19.0. The Balaban J connectivity index is 1.70. The van der Waals surface area contributed by atoms with Gasteiger partial charge in [-0.3, -0.25) is 4.79 Å². The highest BCUT2D eigenvalue weighted by Gasteiger charge is 2.46. The first kappa shape index (κ1) is 23.7. The monoisotopic (exact) mass is 504 g/mol. The molecule has 0 saturated carbocycles. The second-order valence-electron chi connectivity index (χ2n) is 8.32. The highest BCUT2D eigenvalue weighted by atomic mass is 16.7. The Morgan fingerprint density at radius 2 is 1.58 bits per heavy atom. The van der Waals surface area contributed by atoms with Crippen LogP contribution in [0.5, 0.6) is 23.0 Å². The molecule has 2 aromatic carbocycles. The van der Waals surface area contributed by atoms with Gasteiger partial charge in [0.05, 0.1) is 24.0 Å². The lowest BCUT2D eigenvalue weighted by atomic mass is 9.99. The van der Waals surface area contributed by atoms with Gasteiger partial charge in [0.25, 0.3) is 0 Å². The molecule has 1 fully saturated rings. The number of rotatable bonds is 4. The molecule has 13 heteroatoms. The Bertz CT molecular complexity index is 1620. The summed E-state index contributed by atoms with van der Waals surface area (Å²) in [5.41, 5.74) is -2.56. The van der Waals surface area contributed by atoms with Gasteiger partial charge in [-0.15, -0.1) is 0 Å². The van der Waals surface area contributed by atoms with Crippen molar-refractivity contribution in [1.29, 1.82) is 0 Å². The van der Waals surface area contributed by atoms with Gasteiger partial charge in [0, 0.05) is 17.7 Å². The van der Waals surface area contributed by atoms with E-state index in [9.17, 15) is 34.8 Å². The van der Waals surface area contributed by atoms with Gasteiger partial charge in [-0.2, -0.15) is 0 Å². The molecule has 2 aromatic heterocycles. The SMILES string of the molecule is COc1c(O)cc2c(=O)oc3c(O)c(O[C@@H]4O[C@@H](C)[C@H](O)[C@@H](OC(C)=O)[C@H]4O)cc4c(=O)oc1c2c34. The van der Waals surface area contributed by atoms with Crippen LogP contribution < -0.4 is 20.7 Å². The van der Waals surface area contributed by atoms with Crippen LogP contribution in [0.25, 0.3) is 32.7 Å². The molecule has 1 aliphatic rings. The third kappa shape index (κ3) is 3.39. The van der Waals surface area contributed by atoms with Crippen molar-refractivity contribution >= 4 is 38.7 Å². The zero-order valence-corrected chi connectivity index (χ0v) is 19.0. The van der Waals surface area contributed by atoms with Crippen molar-refractivity contribution in [2.75, 3.05) is 7.11 Å². The van der Waals surface area contributed by atoms with Gasteiger partial charge >= 0.3 is 17.2 Å². The van der Waals surface area contributed by atoms with Gasteiger partial charge in [-0.1, -0.05) is 0 Å². The lowest BCUT2D eigenvalue weighted by molar-refractivity contribution is -0.272. The third-order valence-electron chi connectivity index (χ3n) is 6.05. The number of carbonyl (C=O) groups is 1. The van der Waals surface area contributed by atoms with E-state index in [1.807, 2.05) is 0 Å². The van der Waals surface area contributed by atoms with Gasteiger partial charge in [-0.25, -0.2) is 9.59 Å². The average molecular weight is 504 g/mol. The summed E-state index contributed by atoms with van der Waals surface area (Å²) in [5, 5.41) is 41.8. The Labute approximate surface area is 199 Å². The molecule has 0 amide bonds. The maximum Gasteiger partial charge on any atom is 0.344 e. The number of hydrogen-bond acceptors (Lipinski definition) is 13. The summed E-state index contributed by atoms with van der Waals surface area (Å²) < 4.78 is 31.8. The number of phenolic OH excluding ortho intramolecular Hbond substituents is 2. The molecule has 3 heterocycles. The summed E-state index contributed by atoms with van der Waals surface area (Å²) in [7, 11) is 1.23. The predicted molar refractivity (Wildman–Crippen MR) is 120 cm³/mol. The number of aliphatic hydroxyl groups is 2. The Hall–Kier alpha value is -4.07. The van der Waals surface area contributed by atoms with E-state index in [1.165, 1.54) is 14.0 Å². The van der Waals surface area contributed by atoms with Crippen molar-refractivity contribution in [3.8, 4) is 23.0 Å². The summed E-state index contributed by atoms with van der Waals surface area (Å²) in [5.74, 6) is -2.57. The van der Waals surface area contributed by atoms with Crippen LogP contribution in [0.1, 0.15) is 13.8 Å². The predicted octanol–water partition coefficient (Wildman–Crippen LogP) is 0.687. The number of esters is 1. The minimum atomic E-state index is -1.69. The molecule has 4 aromatic rings. The first-order valence-electron chi connectivity index (χ1n) is 10.7. The Kier molecular flexibility index (Phi) is 5.43. The summed E-state index contributed by atoms with van der Waals surface area (Å²) in [6.45, 7) is 2.54. The Morgan fingerprint density at radius 1 is 0.972 bits per heavy atom. The topological polar surface area (TPSA) is 195 Å². The van der Waals surface area contributed by atoms with E-state index in [2.05, 4.69) is 0 Å². The third-order valence-corrected chi connectivity index (χ3v) is 6.05. The smallest absolute Gasteiger partial charge is 0.344 e. The maximum absolute atomic E-state index is 12.9. The lowest BCUT2D eigenvalue weighted by Crippen LogP contribution is -2.59. The largest absolute Gasteiger partial charge is 0.504 e. The summed E-state index contributed by atoms with van der Waals surface area (Å²) in [6, 6.07) is 2.18. The number of phenols is 2. The standard InChI is InChI=1S/C23H20O13/c1-6-14(26)20(33-7(2)24)16(28)23(32-6)34-11-5-9-12-13-8(21(29)35-18(12)15(11)27)4-10(25)17(31-3)19(13)36-22(9)30/h4-6,14,16,20,23,25-28H,1-3H3/t6-,14-,16+,20+,23-/m0/s1. The number of carbonyl (C=O) groups excluding carboxylic acids is 1. The van der Waals surface area contributed by atoms with Crippen LogP contribution in [0, 0.1) is 0 Å². The molecule has 4 N–H and O–H groups in total. The van der Waals surface area contributed by atoms with E-state index in [0.29, 0.717) is 0 Å². The second kappa shape index (κ2) is 8.26. The van der Waals surface area contributed by atoms with Crippen LogP contribution in [0.4, 0.5) is 0 Å². The molecule has 0 bridgehead atoms. The van der Waals surface area contributed by atoms with Crippen molar-refractivity contribution < 1.29 is 53.0 Å². The molecule has 0 radical (unpaired) electrons. The lowest BCUT2D eigenvalue weighted by Gasteiger charge is -2.40. The number of aromatic hydroxyl groups is 2. The maximum atomic E-state index is 12.9. The molecule has 0 aliphatic carbocycles. The first-order valence-corrected chi connectivity index (χ1v) is 10.7. The van der Waals surface area contributed by atoms with Crippen molar-refractivity contribution in [1.82, 2.24) is 0 Å². The molecule has 0 spiro atoms. The fourth-order valence-corrected chi connectivity index (χ4v) is 4.40. The molecule has 5 atom stereocenters. The molecule has 1 saturated heterocycles. The van der Waals surface area contributed by atoms with E-state index < -0.39 is 70.8 Å². The Morgan fingerprint density at radius 3 is 2.22 bits per heavy atom. The van der Waals surface area contributed by atoms with E-state index in [-0.39, 0.29) is 32.9 Å². The molecule has 5 rings (SSSR count). The number of ether oxygens (including phenoxy) is 4. The zero-order chi connectivity index (χ0) is 26.0. The quantitative estimate of drug-likeness (QED) is 0.172. The summed E-state index contributed by atoms with van der Waals surface area (Å²) in [6.07, 6.45) is -7.01. The molecule has 13 nitrogen and oxygen atoms in total. The van der Waals surface area contributed by atoms with Gasteiger partial charge in [0.2, 0.25) is 17.8 Å². The second-order valence-corrected chi connectivity index (χ2v) is 8.32. The fraction of sp³-hybridized carbons (Fsp3) is 0.348. The van der Waals surface area contributed by atoms with Crippen LogP contribution in [-0.2, 0) is 14.3 Å². The van der Waals surface area contributed by atoms with Gasteiger partial charge in [-0.05, 0) is 19.1 Å². The van der Waals surface area contributed by atoms with Crippen molar-refractivity contribution in [2.24, 2.45) is 0 Å². The van der Waals surface area contributed by atoms with Crippen LogP contribution in [-0.4, -0.2) is 64.2 Å². The van der Waals surface area contributed by atoms with Crippen LogP contribution in [0.3, 0.4) is 0 Å². The number of benzene rings is 2. The normalized spacial score (nSPS) is 24.4. The van der Waals surface area contributed by atoms with E-state index >= 15 is 0 Å². The molecular formula is C23H20O13. The minimum Gasteiger partial charge on any atom is -0.504 e. The molecule has 36 heavy (non-hydrogen) atoms. The van der Waals surface area contributed by atoms with Gasteiger partial charge in [0.15, 0.2) is 34.9 Å². The number of aliphatic hydroxyl groups excluding tert-OH is 2. The van der Waals surface area contributed by atoms with Crippen molar-refractivity contribution in [3.63, 3.8) is 0 Å². The van der Waals surface area contributed by atoms with E-state index in [1.54, 1.807) is 0 Å². The van der Waals surface area contributed by atoms with Crippen molar-refractivity contribution in [3.05, 3.63) is 33.0 Å². The summed E-state index contributed by atoms with van der Waals surface area (Å²) >= 11 is 0. The summed E-state index contributed by atoms with van der Waals surface area (Å²) in [4.78, 5) is 37.0. The fourth-order valence-electron chi connectivity index (χ4n) is 4.40. The van der Waals surface area contributed by atoms with Crippen LogP contribution >= 0.6 is 0 Å². The van der Waals surface area contributed by atoms with Gasteiger partial charge in [0.1, 0.15) is 6.10 Å². The minimum absolute atomic E-state index is 0.00527. The highest BCUT2D eigenvalue weighted by molar-refractivity contribution is 6.22. The molecule has 1 aliphatic heterocycles. The van der Waals surface area contributed by atoms with E-state index in [0.717, 1.165) is 19.1 Å². The van der Waals surface area contributed by atoms with Crippen molar-refractivity contribution in [2.45, 2.75) is 44.6 Å². The van der Waals surface area contributed by atoms with Crippen LogP contribution in [0.2, 0.25) is 0 Å². The van der Waals surface area contributed by atoms with E-state index in [4.69, 9.17) is 27.8 Å². The molecule has 0 unspecified atom stereocenters. The van der Waals surface area contributed by atoms with Gasteiger partial charge < -0.3 is 48.2 Å². The highest BCUT2D eigenvalue weighted by Crippen LogP contribution is 2.45. The number of hydrogen-bond donors (Lipinski definition) is 4. The first-order chi connectivity index (χ1) is 17.0. The number of methoxy groups -OCH3 is 1. The van der Waals surface area contributed by atoms with Crippen LogP contribution in [0.15, 0.2) is 30.6 Å². The molecule has 190 valence electrons. The average Bonchev–Trinajstić information content (AvgIpc) is 2.81.